The van der Waals surface area contributed by atoms with Gasteiger partial charge in [0.25, 0.3) is 0 Å². The van der Waals surface area contributed by atoms with Crippen LogP contribution in [-0.2, 0) is 19.1 Å². The first-order chi connectivity index (χ1) is 12.0. The van der Waals surface area contributed by atoms with E-state index in [0.717, 1.165) is 11.8 Å². The molecule has 0 saturated carbocycles. The van der Waals surface area contributed by atoms with Gasteiger partial charge in [-0.2, -0.15) is 9.59 Å². The monoisotopic (exact) mass is 369 g/mol. The third-order valence-electron chi connectivity index (χ3n) is 2.43. The molecule has 0 spiro atoms. The summed E-state index contributed by atoms with van der Waals surface area (Å²) in [6.45, 7) is 3.98. The zero-order valence-corrected chi connectivity index (χ0v) is 14.7. The molecule has 25 heavy (non-hydrogen) atoms. The van der Waals surface area contributed by atoms with Crippen molar-refractivity contribution >= 4 is 35.1 Å². The minimum Gasteiger partial charge on any atom is -0.462 e. The number of para-hydroxylation sites is 1. The molecule has 9 heteroatoms. The highest BCUT2D eigenvalue weighted by Gasteiger charge is 2.16. The maximum absolute atomic E-state index is 11.9. The van der Waals surface area contributed by atoms with Crippen molar-refractivity contribution in [2.45, 2.75) is 20.3 Å². The Morgan fingerprint density at radius 2 is 1.84 bits per heavy atom. The van der Waals surface area contributed by atoms with Gasteiger partial charge >= 0.3 is 17.4 Å². The summed E-state index contributed by atoms with van der Waals surface area (Å²) in [5.74, 6) is -0.118. The van der Waals surface area contributed by atoms with Crippen molar-refractivity contribution in [1.29, 1.82) is 0 Å². The Hall–Kier alpha value is -2.64. The fourth-order valence-corrected chi connectivity index (χ4v) is 2.00. The Morgan fingerprint density at radius 3 is 2.44 bits per heavy atom. The lowest BCUT2D eigenvalue weighted by Gasteiger charge is -2.09. The Kier molecular flexibility index (Phi) is 12.3. The molecule has 0 aromatic heterocycles. The van der Waals surface area contributed by atoms with E-state index in [9.17, 15) is 14.4 Å². The molecular formula is C16H19NO7S. The van der Waals surface area contributed by atoms with E-state index < -0.39 is 11.3 Å². The predicted molar refractivity (Wildman–Crippen MR) is 89.2 cm³/mol. The lowest BCUT2D eigenvalue weighted by molar-refractivity contribution is -0.191. The highest BCUT2D eigenvalue weighted by Crippen LogP contribution is 2.21. The predicted octanol–water partition coefficient (Wildman–Crippen LogP) is 2.04. The third kappa shape index (κ3) is 10.7. The summed E-state index contributed by atoms with van der Waals surface area (Å²) in [5.41, 5.74) is 0.215. The van der Waals surface area contributed by atoms with Crippen LogP contribution in [0.1, 0.15) is 30.6 Å². The Morgan fingerprint density at radius 1 is 1.20 bits per heavy atom. The van der Waals surface area contributed by atoms with Gasteiger partial charge in [0.15, 0.2) is 0 Å². The van der Waals surface area contributed by atoms with E-state index in [-0.39, 0.29) is 23.4 Å². The van der Waals surface area contributed by atoms with Crippen molar-refractivity contribution in [1.82, 2.24) is 5.32 Å². The maximum atomic E-state index is 11.9. The maximum Gasteiger partial charge on any atom is 0.373 e. The topological polar surface area (TPSA) is 116 Å². The molecule has 1 aromatic rings. The number of rotatable bonds is 7. The third-order valence-corrected chi connectivity index (χ3v) is 3.16. The lowest BCUT2D eigenvalue weighted by Crippen LogP contribution is -2.23. The standard InChI is InChI=1S/C15H19NO5S.CO2/c1-3-9-20-14(18)12-6-4-5-7-13(12)21-15(19)22-10-8-16-11(2)17;2-1-3/h4-7H,3,8-10H2,1-2H3,(H,16,17);. The van der Waals surface area contributed by atoms with Crippen LogP contribution < -0.4 is 10.1 Å². The van der Waals surface area contributed by atoms with Crippen LogP contribution in [0.2, 0.25) is 0 Å². The quantitative estimate of drug-likeness (QED) is 0.573. The Bertz CT molecular complexity index is 612. The molecule has 0 unspecified atom stereocenters. The van der Waals surface area contributed by atoms with Gasteiger partial charge in [-0.3, -0.25) is 4.79 Å². The molecule has 136 valence electrons. The van der Waals surface area contributed by atoms with Crippen molar-refractivity contribution in [3.05, 3.63) is 29.8 Å². The van der Waals surface area contributed by atoms with E-state index in [4.69, 9.17) is 19.1 Å². The van der Waals surface area contributed by atoms with E-state index in [2.05, 4.69) is 5.32 Å². The molecule has 0 radical (unpaired) electrons. The average molecular weight is 369 g/mol. The molecule has 1 N–H and O–H groups in total. The van der Waals surface area contributed by atoms with Gasteiger partial charge in [0.2, 0.25) is 5.91 Å². The first kappa shape index (κ1) is 22.4. The Labute approximate surface area is 149 Å². The van der Waals surface area contributed by atoms with Crippen molar-refractivity contribution in [3.63, 3.8) is 0 Å². The molecule has 0 aliphatic carbocycles. The highest BCUT2D eigenvalue weighted by molar-refractivity contribution is 8.13. The van der Waals surface area contributed by atoms with Crippen molar-refractivity contribution in [2.75, 3.05) is 18.9 Å². The van der Waals surface area contributed by atoms with E-state index >= 15 is 0 Å². The number of benzene rings is 1. The summed E-state index contributed by atoms with van der Waals surface area (Å²) in [5, 5.41) is 2.04. The molecule has 1 aromatic carbocycles. The summed E-state index contributed by atoms with van der Waals surface area (Å²) in [4.78, 5) is 50.5. The van der Waals surface area contributed by atoms with Gasteiger partial charge in [-0.25, -0.2) is 9.59 Å². The number of thioether (sulfide) groups is 1. The van der Waals surface area contributed by atoms with Gasteiger partial charge in [-0.05, 0) is 30.3 Å². The first-order valence-electron chi connectivity index (χ1n) is 7.30. The number of ether oxygens (including phenoxy) is 2. The minimum atomic E-state index is -0.541. The van der Waals surface area contributed by atoms with Gasteiger partial charge < -0.3 is 14.8 Å². The first-order valence-corrected chi connectivity index (χ1v) is 8.29. The number of amides is 1. The molecule has 0 atom stereocenters. The van der Waals surface area contributed by atoms with Gasteiger partial charge in [0, 0.05) is 19.2 Å². The molecule has 1 amide bonds. The second-order valence-electron chi connectivity index (χ2n) is 4.40. The Balaban J connectivity index is 0.00000178. The van der Waals surface area contributed by atoms with Gasteiger partial charge in [-0.1, -0.05) is 19.1 Å². The van der Waals surface area contributed by atoms with Crippen LogP contribution in [0.25, 0.3) is 0 Å². The van der Waals surface area contributed by atoms with Gasteiger partial charge in [0.05, 0.1) is 6.61 Å². The second kappa shape index (κ2) is 13.8. The van der Waals surface area contributed by atoms with Crippen LogP contribution in [0.3, 0.4) is 0 Å². The minimum absolute atomic E-state index is 0.155. The molecule has 0 heterocycles. The fourth-order valence-electron chi connectivity index (χ4n) is 1.48. The van der Waals surface area contributed by atoms with E-state index in [0.29, 0.717) is 25.3 Å². The van der Waals surface area contributed by atoms with Crippen molar-refractivity contribution in [3.8, 4) is 5.75 Å². The van der Waals surface area contributed by atoms with Crippen LogP contribution in [0, 0.1) is 0 Å². The molecule has 1 rings (SSSR count). The second-order valence-corrected chi connectivity index (χ2v) is 5.43. The van der Waals surface area contributed by atoms with Gasteiger partial charge in [0.1, 0.15) is 11.3 Å². The number of carbonyl (C=O) groups excluding carboxylic acids is 5. The number of esters is 1. The van der Waals surface area contributed by atoms with Crippen LogP contribution >= 0.6 is 11.8 Å². The molecule has 0 aliphatic heterocycles. The molecule has 0 bridgehead atoms. The number of nitrogens with one attached hydrogen (secondary N) is 1. The normalized spacial score (nSPS) is 9.04. The summed E-state index contributed by atoms with van der Waals surface area (Å²) < 4.78 is 10.2. The SMILES string of the molecule is CCCOC(=O)c1ccccc1OC(=O)SCCNC(C)=O.O=C=O. The fraction of sp³-hybridized carbons (Fsp3) is 0.375. The average Bonchev–Trinajstić information content (AvgIpc) is 2.57. The van der Waals surface area contributed by atoms with Crippen LogP contribution in [0.5, 0.6) is 5.75 Å². The van der Waals surface area contributed by atoms with Crippen LogP contribution in [-0.4, -0.2) is 42.2 Å². The summed E-state index contributed by atoms with van der Waals surface area (Å²) >= 11 is 0.924. The van der Waals surface area contributed by atoms with Crippen LogP contribution in [0.15, 0.2) is 24.3 Å². The van der Waals surface area contributed by atoms with Crippen molar-refractivity contribution in [2.24, 2.45) is 0 Å². The summed E-state index contributed by atoms with van der Waals surface area (Å²) in [7, 11) is 0. The molecule has 8 nitrogen and oxygen atoms in total. The summed E-state index contributed by atoms with van der Waals surface area (Å²) in [6.07, 6.45) is 0.965. The van der Waals surface area contributed by atoms with E-state index in [1.54, 1.807) is 18.2 Å². The zero-order chi connectivity index (χ0) is 19.1. The largest absolute Gasteiger partial charge is 0.462 e. The number of hydrogen-bond acceptors (Lipinski definition) is 8. The highest BCUT2D eigenvalue weighted by atomic mass is 32.2. The molecule has 0 fully saturated rings. The molecule has 0 aliphatic rings. The lowest BCUT2D eigenvalue weighted by atomic mass is 10.2. The number of carbonyl (C=O) groups is 3. The zero-order valence-electron chi connectivity index (χ0n) is 13.9. The summed E-state index contributed by atoms with van der Waals surface area (Å²) in [6, 6.07) is 6.42. The van der Waals surface area contributed by atoms with Crippen LogP contribution in [0.4, 0.5) is 4.79 Å². The number of hydrogen-bond donors (Lipinski definition) is 1. The van der Waals surface area contributed by atoms with Crippen molar-refractivity contribution < 1.29 is 33.4 Å². The molecule has 0 saturated heterocycles. The van der Waals surface area contributed by atoms with E-state index in [1.807, 2.05) is 6.92 Å². The molecular weight excluding hydrogens is 350 g/mol. The van der Waals surface area contributed by atoms with E-state index in [1.165, 1.54) is 13.0 Å². The van der Waals surface area contributed by atoms with Gasteiger partial charge in [-0.15, -0.1) is 0 Å². The smallest absolute Gasteiger partial charge is 0.373 e.